The maximum absolute atomic E-state index is 12.2. The Kier molecular flexibility index (Phi) is 2.59. The second-order valence-electron chi connectivity index (χ2n) is 5.22. The van der Waals surface area contributed by atoms with Gasteiger partial charge in [0.25, 0.3) is 5.91 Å². The number of carbonyl (C=O) groups excluding carboxylic acids is 1. The van der Waals surface area contributed by atoms with Crippen LogP contribution in [0.1, 0.15) is 23.7 Å². The summed E-state index contributed by atoms with van der Waals surface area (Å²) < 4.78 is 0. The van der Waals surface area contributed by atoms with E-state index in [4.69, 9.17) is 0 Å². The number of hydrogen-bond acceptors (Lipinski definition) is 2. The van der Waals surface area contributed by atoms with Crippen LogP contribution in [0.5, 0.6) is 0 Å². The second kappa shape index (κ2) is 4.14. The van der Waals surface area contributed by atoms with Crippen LogP contribution < -0.4 is 10.6 Å². The molecule has 4 nitrogen and oxygen atoms in total. The molecule has 0 aliphatic carbocycles. The van der Waals surface area contributed by atoms with E-state index in [0.29, 0.717) is 5.56 Å². The van der Waals surface area contributed by atoms with E-state index >= 15 is 0 Å². The van der Waals surface area contributed by atoms with Gasteiger partial charge in [-0.1, -0.05) is 6.07 Å². The predicted octanol–water partition coefficient (Wildman–Crippen LogP) is 1.65. The molecule has 0 saturated carbocycles. The Morgan fingerprint density at radius 1 is 1.39 bits per heavy atom. The van der Waals surface area contributed by atoms with E-state index in [1.54, 1.807) is 0 Å². The first kappa shape index (κ1) is 11.3. The van der Waals surface area contributed by atoms with Crippen molar-refractivity contribution in [3.05, 3.63) is 36.0 Å². The summed E-state index contributed by atoms with van der Waals surface area (Å²) in [4.78, 5) is 15.3. The SMILES string of the molecule is CC1(NC(=O)c2ccc3cc[nH]c3c2)CCNC1. The molecule has 1 atom stereocenters. The van der Waals surface area contributed by atoms with Gasteiger partial charge in [-0.25, -0.2) is 0 Å². The Hall–Kier alpha value is -1.81. The molecular weight excluding hydrogens is 226 g/mol. The van der Waals surface area contributed by atoms with Gasteiger partial charge in [0.2, 0.25) is 0 Å². The Morgan fingerprint density at radius 3 is 3.06 bits per heavy atom. The van der Waals surface area contributed by atoms with Gasteiger partial charge in [0.1, 0.15) is 0 Å². The van der Waals surface area contributed by atoms with Crippen LogP contribution >= 0.6 is 0 Å². The van der Waals surface area contributed by atoms with Crippen LogP contribution in [0.25, 0.3) is 10.9 Å². The second-order valence-corrected chi connectivity index (χ2v) is 5.22. The molecule has 1 aliphatic rings. The van der Waals surface area contributed by atoms with E-state index in [2.05, 4.69) is 22.5 Å². The molecule has 1 fully saturated rings. The molecule has 94 valence electrons. The van der Waals surface area contributed by atoms with E-state index in [1.807, 2.05) is 30.5 Å². The van der Waals surface area contributed by atoms with Crippen LogP contribution in [0.4, 0.5) is 0 Å². The van der Waals surface area contributed by atoms with Crippen LogP contribution in [-0.2, 0) is 0 Å². The quantitative estimate of drug-likeness (QED) is 0.751. The van der Waals surface area contributed by atoms with Gasteiger partial charge in [0.15, 0.2) is 0 Å². The fourth-order valence-electron chi connectivity index (χ4n) is 2.46. The van der Waals surface area contributed by atoms with Gasteiger partial charge in [0, 0.05) is 23.8 Å². The van der Waals surface area contributed by atoms with Crippen LogP contribution in [0.2, 0.25) is 0 Å². The third-order valence-electron chi connectivity index (χ3n) is 3.60. The standard InChI is InChI=1S/C14H17N3O/c1-14(5-7-15-9-14)17-13(18)11-3-2-10-4-6-16-12(10)8-11/h2-4,6,8,15-16H,5,7,9H2,1H3,(H,17,18). The van der Waals surface area contributed by atoms with Gasteiger partial charge in [-0.15, -0.1) is 0 Å². The summed E-state index contributed by atoms with van der Waals surface area (Å²) in [6.45, 7) is 3.88. The smallest absolute Gasteiger partial charge is 0.251 e. The number of fused-ring (bicyclic) bond motifs is 1. The Morgan fingerprint density at radius 2 is 2.28 bits per heavy atom. The number of benzene rings is 1. The number of aromatic amines is 1. The van der Waals surface area contributed by atoms with Crippen LogP contribution in [0, 0.1) is 0 Å². The fourth-order valence-corrected chi connectivity index (χ4v) is 2.46. The number of amides is 1. The van der Waals surface area contributed by atoms with Crippen molar-refractivity contribution in [3.63, 3.8) is 0 Å². The molecular formula is C14H17N3O. The van der Waals surface area contributed by atoms with Gasteiger partial charge in [-0.05, 0) is 43.5 Å². The first-order valence-electron chi connectivity index (χ1n) is 6.27. The maximum Gasteiger partial charge on any atom is 0.251 e. The van der Waals surface area contributed by atoms with Crippen molar-refractivity contribution >= 4 is 16.8 Å². The van der Waals surface area contributed by atoms with E-state index in [-0.39, 0.29) is 11.4 Å². The molecule has 1 aliphatic heterocycles. The van der Waals surface area contributed by atoms with E-state index in [9.17, 15) is 4.79 Å². The van der Waals surface area contributed by atoms with Gasteiger partial charge < -0.3 is 15.6 Å². The monoisotopic (exact) mass is 243 g/mol. The number of carbonyl (C=O) groups is 1. The third-order valence-corrected chi connectivity index (χ3v) is 3.60. The first-order valence-corrected chi connectivity index (χ1v) is 6.27. The minimum atomic E-state index is -0.123. The minimum absolute atomic E-state index is 0.00213. The maximum atomic E-state index is 12.2. The molecule has 0 spiro atoms. The van der Waals surface area contributed by atoms with Crippen molar-refractivity contribution in [2.45, 2.75) is 18.9 Å². The zero-order chi connectivity index (χ0) is 12.6. The number of H-pyrrole nitrogens is 1. The van der Waals surface area contributed by atoms with E-state index in [0.717, 1.165) is 30.4 Å². The normalized spacial score (nSPS) is 23.4. The average Bonchev–Trinajstić information content (AvgIpc) is 2.96. The Labute approximate surface area is 106 Å². The van der Waals surface area contributed by atoms with Crippen molar-refractivity contribution in [1.82, 2.24) is 15.6 Å². The number of rotatable bonds is 2. The van der Waals surface area contributed by atoms with Crippen LogP contribution in [-0.4, -0.2) is 29.5 Å². The van der Waals surface area contributed by atoms with Crippen molar-refractivity contribution in [2.75, 3.05) is 13.1 Å². The van der Waals surface area contributed by atoms with Crippen molar-refractivity contribution in [3.8, 4) is 0 Å². The van der Waals surface area contributed by atoms with Crippen LogP contribution in [0.3, 0.4) is 0 Å². The molecule has 18 heavy (non-hydrogen) atoms. The lowest BCUT2D eigenvalue weighted by Crippen LogP contribution is -2.47. The highest BCUT2D eigenvalue weighted by molar-refractivity contribution is 5.98. The van der Waals surface area contributed by atoms with E-state index in [1.165, 1.54) is 0 Å². The largest absolute Gasteiger partial charge is 0.361 e. The summed E-state index contributed by atoms with van der Waals surface area (Å²) in [5.74, 6) is -0.00213. The molecule has 4 heteroatoms. The van der Waals surface area contributed by atoms with Gasteiger partial charge in [-0.2, -0.15) is 0 Å². The molecule has 0 bridgehead atoms. The lowest BCUT2D eigenvalue weighted by atomic mass is 10.0. The topological polar surface area (TPSA) is 56.9 Å². The molecule has 1 unspecified atom stereocenters. The van der Waals surface area contributed by atoms with E-state index < -0.39 is 0 Å². The fraction of sp³-hybridized carbons (Fsp3) is 0.357. The molecule has 1 aromatic carbocycles. The number of hydrogen-bond donors (Lipinski definition) is 3. The van der Waals surface area contributed by atoms with Gasteiger partial charge >= 0.3 is 0 Å². The summed E-state index contributed by atoms with van der Waals surface area (Å²) in [6, 6.07) is 7.74. The molecule has 2 aromatic rings. The lowest BCUT2D eigenvalue weighted by Gasteiger charge is -2.24. The summed E-state index contributed by atoms with van der Waals surface area (Å²) in [6.07, 6.45) is 2.86. The summed E-state index contributed by atoms with van der Waals surface area (Å²) in [5, 5.41) is 7.51. The highest BCUT2D eigenvalue weighted by atomic mass is 16.1. The van der Waals surface area contributed by atoms with Crippen molar-refractivity contribution in [2.24, 2.45) is 0 Å². The zero-order valence-electron chi connectivity index (χ0n) is 10.4. The molecule has 0 radical (unpaired) electrons. The summed E-state index contributed by atoms with van der Waals surface area (Å²) in [5.41, 5.74) is 1.58. The first-order chi connectivity index (χ1) is 8.66. The predicted molar refractivity (Wildman–Crippen MR) is 71.7 cm³/mol. The van der Waals surface area contributed by atoms with Crippen molar-refractivity contribution in [1.29, 1.82) is 0 Å². The summed E-state index contributed by atoms with van der Waals surface area (Å²) in [7, 11) is 0. The number of aromatic nitrogens is 1. The minimum Gasteiger partial charge on any atom is -0.361 e. The van der Waals surface area contributed by atoms with Crippen molar-refractivity contribution < 1.29 is 4.79 Å². The Balaban J connectivity index is 1.82. The van der Waals surface area contributed by atoms with Gasteiger partial charge in [-0.3, -0.25) is 4.79 Å². The molecule has 1 saturated heterocycles. The molecule has 3 rings (SSSR count). The lowest BCUT2D eigenvalue weighted by molar-refractivity contribution is 0.0913. The zero-order valence-corrected chi connectivity index (χ0v) is 10.4. The third kappa shape index (κ3) is 1.99. The Bertz CT molecular complexity index is 581. The molecule has 3 N–H and O–H groups in total. The summed E-state index contributed by atoms with van der Waals surface area (Å²) >= 11 is 0. The van der Waals surface area contributed by atoms with Crippen LogP contribution in [0.15, 0.2) is 30.5 Å². The highest BCUT2D eigenvalue weighted by Crippen LogP contribution is 2.17. The molecule has 1 amide bonds. The molecule has 1 aromatic heterocycles. The average molecular weight is 243 g/mol. The van der Waals surface area contributed by atoms with Gasteiger partial charge in [0.05, 0.1) is 5.54 Å². The highest BCUT2D eigenvalue weighted by Gasteiger charge is 2.30. The number of nitrogens with one attached hydrogen (secondary N) is 3. The molecule has 2 heterocycles.